The zero-order valence-electron chi connectivity index (χ0n) is 12.4. The molecule has 0 radical (unpaired) electrons. The minimum absolute atomic E-state index is 0.0672. The minimum atomic E-state index is 0.0672. The van der Waals surface area contributed by atoms with Gasteiger partial charge < -0.3 is 10.1 Å². The first-order valence-electron chi connectivity index (χ1n) is 6.89. The zero-order chi connectivity index (χ0) is 15.4. The van der Waals surface area contributed by atoms with Crippen molar-refractivity contribution in [3.63, 3.8) is 0 Å². The Bertz CT molecular complexity index is 630. The molecule has 0 saturated heterocycles. The number of methoxy groups -OCH3 is 1. The quantitative estimate of drug-likeness (QED) is 0.791. The summed E-state index contributed by atoms with van der Waals surface area (Å²) in [5, 5.41) is 4.30. The van der Waals surface area contributed by atoms with E-state index >= 15 is 0 Å². The van der Waals surface area contributed by atoms with Crippen LogP contribution in [0, 0.1) is 6.92 Å². The van der Waals surface area contributed by atoms with Crippen molar-refractivity contribution in [2.75, 3.05) is 13.7 Å². The molecule has 21 heavy (non-hydrogen) atoms. The summed E-state index contributed by atoms with van der Waals surface area (Å²) in [6.07, 6.45) is 0. The largest absolute Gasteiger partial charge is 0.497 e. The topological polar surface area (TPSA) is 21.3 Å². The van der Waals surface area contributed by atoms with E-state index in [0.29, 0.717) is 0 Å². The number of halogens is 2. The van der Waals surface area contributed by atoms with Gasteiger partial charge in [0.1, 0.15) is 5.75 Å². The molecule has 4 heteroatoms. The van der Waals surface area contributed by atoms with Gasteiger partial charge in [-0.25, -0.2) is 0 Å². The van der Waals surface area contributed by atoms with Crippen molar-refractivity contribution in [3.05, 3.63) is 62.6 Å². The predicted molar refractivity (Wildman–Crippen MR) is 92.4 cm³/mol. The van der Waals surface area contributed by atoms with E-state index in [1.165, 1.54) is 0 Å². The Balaban J connectivity index is 2.49. The van der Waals surface area contributed by atoms with Crippen LogP contribution in [0.25, 0.3) is 0 Å². The fourth-order valence-electron chi connectivity index (χ4n) is 2.27. The normalized spacial score (nSPS) is 12.2. The highest BCUT2D eigenvalue weighted by atomic mass is 79.9. The standard InChI is InChI=1S/C17H19BrClNO/c1-4-20-17(12-6-5-11(2)16(19)9-12)14-10-13(21-3)7-8-15(14)18/h5-10,17,20H,4H2,1-3H3. The van der Waals surface area contributed by atoms with Crippen LogP contribution >= 0.6 is 27.5 Å². The van der Waals surface area contributed by atoms with Crippen LogP contribution in [0.1, 0.15) is 29.7 Å². The monoisotopic (exact) mass is 367 g/mol. The fourth-order valence-corrected chi connectivity index (χ4v) is 2.93. The van der Waals surface area contributed by atoms with E-state index in [9.17, 15) is 0 Å². The molecule has 1 unspecified atom stereocenters. The summed E-state index contributed by atoms with van der Waals surface area (Å²) < 4.78 is 6.39. The lowest BCUT2D eigenvalue weighted by Crippen LogP contribution is -2.22. The summed E-state index contributed by atoms with van der Waals surface area (Å²) >= 11 is 9.91. The van der Waals surface area contributed by atoms with E-state index in [-0.39, 0.29) is 6.04 Å². The molecule has 2 aromatic carbocycles. The van der Waals surface area contributed by atoms with Crippen LogP contribution in [0.3, 0.4) is 0 Å². The number of nitrogens with one attached hydrogen (secondary N) is 1. The average molecular weight is 369 g/mol. The molecule has 2 aromatic rings. The molecular formula is C17H19BrClNO. The van der Waals surface area contributed by atoms with Crippen molar-refractivity contribution in [2.24, 2.45) is 0 Å². The molecule has 0 aliphatic heterocycles. The van der Waals surface area contributed by atoms with Gasteiger partial charge in [0.25, 0.3) is 0 Å². The third-order valence-corrected chi connectivity index (χ3v) is 4.58. The van der Waals surface area contributed by atoms with Crippen molar-refractivity contribution >= 4 is 27.5 Å². The molecule has 0 fully saturated rings. The predicted octanol–water partition coefficient (Wildman–Crippen LogP) is 5.12. The highest BCUT2D eigenvalue weighted by molar-refractivity contribution is 9.10. The molecule has 0 aliphatic carbocycles. The first-order valence-corrected chi connectivity index (χ1v) is 8.06. The summed E-state index contributed by atoms with van der Waals surface area (Å²) in [6, 6.07) is 12.3. The van der Waals surface area contributed by atoms with Gasteiger partial charge in [0.2, 0.25) is 0 Å². The van der Waals surface area contributed by atoms with Gasteiger partial charge in [0, 0.05) is 9.50 Å². The lowest BCUT2D eigenvalue weighted by atomic mass is 9.97. The second kappa shape index (κ2) is 7.30. The van der Waals surface area contributed by atoms with Crippen LogP contribution in [-0.4, -0.2) is 13.7 Å². The maximum atomic E-state index is 6.28. The van der Waals surface area contributed by atoms with Crippen molar-refractivity contribution < 1.29 is 4.74 Å². The van der Waals surface area contributed by atoms with Gasteiger partial charge in [-0.1, -0.05) is 46.6 Å². The first kappa shape index (κ1) is 16.3. The number of benzene rings is 2. The molecule has 0 aliphatic rings. The van der Waals surface area contributed by atoms with Gasteiger partial charge in [-0.2, -0.15) is 0 Å². The molecule has 112 valence electrons. The van der Waals surface area contributed by atoms with Crippen molar-refractivity contribution in [2.45, 2.75) is 19.9 Å². The number of hydrogen-bond acceptors (Lipinski definition) is 2. The highest BCUT2D eigenvalue weighted by Gasteiger charge is 2.17. The van der Waals surface area contributed by atoms with Gasteiger partial charge in [-0.15, -0.1) is 0 Å². The van der Waals surface area contributed by atoms with Crippen LogP contribution in [0.15, 0.2) is 40.9 Å². The lowest BCUT2D eigenvalue weighted by Gasteiger charge is -2.21. The van der Waals surface area contributed by atoms with Crippen LogP contribution < -0.4 is 10.1 Å². The second-order valence-corrected chi connectivity index (χ2v) is 6.15. The number of rotatable bonds is 5. The molecule has 0 bridgehead atoms. The van der Waals surface area contributed by atoms with Crippen LogP contribution in [0.5, 0.6) is 5.75 Å². The van der Waals surface area contributed by atoms with Crippen LogP contribution in [0.4, 0.5) is 0 Å². The summed E-state index contributed by atoms with van der Waals surface area (Å²) in [4.78, 5) is 0. The van der Waals surface area contributed by atoms with Gasteiger partial charge in [-0.3, -0.25) is 0 Å². The maximum Gasteiger partial charge on any atom is 0.119 e. The maximum absolute atomic E-state index is 6.28. The van der Waals surface area contributed by atoms with E-state index in [2.05, 4.69) is 40.3 Å². The Morgan fingerprint density at radius 1 is 1.24 bits per heavy atom. The van der Waals surface area contributed by atoms with E-state index in [4.69, 9.17) is 16.3 Å². The summed E-state index contributed by atoms with van der Waals surface area (Å²) in [6.45, 7) is 4.96. The van der Waals surface area contributed by atoms with Gasteiger partial charge in [0.15, 0.2) is 0 Å². The molecule has 1 atom stereocenters. The van der Waals surface area contributed by atoms with Gasteiger partial charge >= 0.3 is 0 Å². The Morgan fingerprint density at radius 3 is 2.62 bits per heavy atom. The molecular weight excluding hydrogens is 350 g/mol. The molecule has 0 amide bonds. The molecule has 0 aromatic heterocycles. The van der Waals surface area contributed by atoms with E-state index in [1.807, 2.05) is 31.2 Å². The van der Waals surface area contributed by atoms with Gasteiger partial charge in [0.05, 0.1) is 13.2 Å². The van der Waals surface area contributed by atoms with Crippen LogP contribution in [-0.2, 0) is 0 Å². The van der Waals surface area contributed by atoms with Crippen molar-refractivity contribution in [3.8, 4) is 5.75 Å². The molecule has 2 nitrogen and oxygen atoms in total. The summed E-state index contributed by atoms with van der Waals surface area (Å²) in [5.74, 6) is 0.842. The van der Waals surface area contributed by atoms with Crippen molar-refractivity contribution in [1.29, 1.82) is 0 Å². The summed E-state index contributed by atoms with van der Waals surface area (Å²) in [7, 11) is 1.68. The molecule has 0 heterocycles. The van der Waals surface area contributed by atoms with Gasteiger partial charge in [-0.05, 0) is 54.4 Å². The lowest BCUT2D eigenvalue weighted by molar-refractivity contribution is 0.413. The molecule has 2 rings (SSSR count). The van der Waals surface area contributed by atoms with E-state index < -0.39 is 0 Å². The molecule has 0 spiro atoms. The fraction of sp³-hybridized carbons (Fsp3) is 0.294. The number of aryl methyl sites for hydroxylation is 1. The zero-order valence-corrected chi connectivity index (χ0v) is 14.8. The second-order valence-electron chi connectivity index (χ2n) is 4.89. The van der Waals surface area contributed by atoms with Crippen molar-refractivity contribution in [1.82, 2.24) is 5.32 Å². The third kappa shape index (κ3) is 3.79. The third-order valence-electron chi connectivity index (χ3n) is 3.45. The first-order chi connectivity index (χ1) is 10.1. The average Bonchev–Trinajstić information content (AvgIpc) is 2.49. The van der Waals surface area contributed by atoms with E-state index in [1.54, 1.807) is 7.11 Å². The molecule has 0 saturated carbocycles. The SMILES string of the molecule is CCNC(c1ccc(C)c(Cl)c1)c1cc(OC)ccc1Br. The van der Waals surface area contributed by atoms with Crippen LogP contribution in [0.2, 0.25) is 5.02 Å². The number of hydrogen-bond donors (Lipinski definition) is 1. The Hall–Kier alpha value is -1.03. The summed E-state index contributed by atoms with van der Waals surface area (Å²) in [5.41, 5.74) is 3.36. The Kier molecular flexibility index (Phi) is 5.68. The molecule has 1 N–H and O–H groups in total. The smallest absolute Gasteiger partial charge is 0.119 e. The minimum Gasteiger partial charge on any atom is -0.497 e. The van der Waals surface area contributed by atoms with E-state index in [0.717, 1.165) is 38.5 Å². The Morgan fingerprint density at radius 2 is 2.00 bits per heavy atom. The Labute approximate surface area is 139 Å². The highest BCUT2D eigenvalue weighted by Crippen LogP contribution is 2.33. The number of ether oxygens (including phenoxy) is 1.